The second-order valence-electron chi connectivity index (χ2n) is 7.63. The van der Waals surface area contributed by atoms with Crippen LogP contribution in [0.3, 0.4) is 0 Å². The van der Waals surface area contributed by atoms with Gasteiger partial charge in [-0.05, 0) is 15.9 Å². The molecule has 0 saturated carbocycles. The highest BCUT2D eigenvalue weighted by Gasteiger charge is 2.53. The molecule has 2 aromatic rings. The largest absolute Gasteiger partial charge is 0.463 e. The lowest BCUT2D eigenvalue weighted by Crippen LogP contribution is -2.60. The Bertz CT molecular complexity index is 1090. The van der Waals surface area contributed by atoms with Gasteiger partial charge in [-0.1, -0.05) is 35.5 Å². The summed E-state index contributed by atoms with van der Waals surface area (Å²) in [6.45, 7) is 4.34. The van der Waals surface area contributed by atoms with Gasteiger partial charge in [0.25, 0.3) is 0 Å². The molecule has 1 aromatic carbocycles. The smallest absolute Gasteiger partial charge is 0.305 e. The van der Waals surface area contributed by atoms with Crippen molar-refractivity contribution in [3.8, 4) is 11.3 Å². The summed E-state index contributed by atoms with van der Waals surface area (Å²) < 4.78 is 29.0. The number of ether oxygens (including phenoxy) is 5. The molecule has 1 saturated heterocycles. The highest BCUT2D eigenvalue weighted by molar-refractivity contribution is 9.10. The first-order chi connectivity index (χ1) is 16.6. The molecule has 0 aliphatic carbocycles. The summed E-state index contributed by atoms with van der Waals surface area (Å²) in [5, 5.41) is 8.38. The maximum atomic E-state index is 12.1. The van der Waals surface area contributed by atoms with E-state index in [1.807, 2.05) is 30.3 Å². The number of esters is 4. The van der Waals surface area contributed by atoms with Gasteiger partial charge in [0.05, 0.1) is 0 Å². The van der Waals surface area contributed by atoms with Gasteiger partial charge in [-0.25, -0.2) is 4.68 Å². The standard InChI is InChI=1S/C22H24BrN3O9/c1-11(27)31-10-16-19(32-12(2)28)20(33-13(3)29)18(22(35-16)34-14(4)30)26-21(23)17(24-25-26)15-8-6-5-7-9-15/h5-9,16,18-20,22H,10H2,1-4H3. The van der Waals surface area contributed by atoms with E-state index >= 15 is 0 Å². The fraction of sp³-hybridized carbons (Fsp3) is 0.455. The van der Waals surface area contributed by atoms with Gasteiger partial charge in [0, 0.05) is 33.3 Å². The van der Waals surface area contributed by atoms with Crippen LogP contribution in [0.2, 0.25) is 0 Å². The van der Waals surface area contributed by atoms with Crippen molar-refractivity contribution in [2.24, 2.45) is 0 Å². The summed E-state index contributed by atoms with van der Waals surface area (Å²) in [6.07, 6.45) is -4.98. The minimum absolute atomic E-state index is 0.358. The highest BCUT2D eigenvalue weighted by atomic mass is 79.9. The number of carbonyl (C=O) groups is 4. The fourth-order valence-corrected chi connectivity index (χ4v) is 4.26. The Morgan fingerprint density at radius 1 is 0.914 bits per heavy atom. The van der Waals surface area contributed by atoms with Crippen molar-refractivity contribution in [3.63, 3.8) is 0 Å². The number of halogens is 1. The van der Waals surface area contributed by atoms with Crippen LogP contribution in [0.5, 0.6) is 0 Å². The van der Waals surface area contributed by atoms with Crippen molar-refractivity contribution in [3.05, 3.63) is 34.9 Å². The molecule has 35 heavy (non-hydrogen) atoms. The van der Waals surface area contributed by atoms with Gasteiger partial charge in [0.15, 0.2) is 18.2 Å². The van der Waals surface area contributed by atoms with E-state index in [0.717, 1.165) is 5.56 Å². The van der Waals surface area contributed by atoms with E-state index in [2.05, 4.69) is 26.2 Å². The monoisotopic (exact) mass is 553 g/mol. The van der Waals surface area contributed by atoms with E-state index in [9.17, 15) is 19.2 Å². The van der Waals surface area contributed by atoms with Gasteiger partial charge in [-0.15, -0.1) is 5.10 Å². The Labute approximate surface area is 208 Å². The van der Waals surface area contributed by atoms with Gasteiger partial charge in [-0.3, -0.25) is 19.2 Å². The van der Waals surface area contributed by atoms with Crippen LogP contribution in [0.15, 0.2) is 34.9 Å². The molecule has 0 N–H and O–H groups in total. The Morgan fingerprint density at radius 3 is 2.09 bits per heavy atom. The van der Waals surface area contributed by atoms with E-state index in [1.165, 1.54) is 32.4 Å². The summed E-state index contributed by atoms with van der Waals surface area (Å²) in [5.41, 5.74) is 1.19. The van der Waals surface area contributed by atoms with Crippen molar-refractivity contribution in [1.82, 2.24) is 15.0 Å². The van der Waals surface area contributed by atoms with Crippen LogP contribution in [-0.2, 0) is 42.9 Å². The van der Waals surface area contributed by atoms with Crippen molar-refractivity contribution in [1.29, 1.82) is 0 Å². The number of nitrogens with zero attached hydrogens (tertiary/aromatic N) is 3. The quantitative estimate of drug-likeness (QED) is 0.366. The maximum Gasteiger partial charge on any atom is 0.305 e. The van der Waals surface area contributed by atoms with Crippen molar-refractivity contribution in [2.75, 3.05) is 6.61 Å². The van der Waals surface area contributed by atoms with E-state index in [-0.39, 0.29) is 6.61 Å². The van der Waals surface area contributed by atoms with Crippen LogP contribution in [0.4, 0.5) is 0 Å². The molecule has 2 heterocycles. The van der Waals surface area contributed by atoms with Crippen molar-refractivity contribution >= 4 is 39.8 Å². The second kappa shape index (κ2) is 11.4. The molecule has 0 amide bonds. The number of aromatic nitrogens is 3. The van der Waals surface area contributed by atoms with E-state index < -0.39 is 54.5 Å². The van der Waals surface area contributed by atoms with E-state index in [4.69, 9.17) is 23.7 Å². The molecule has 0 bridgehead atoms. The van der Waals surface area contributed by atoms with Crippen molar-refractivity contribution < 1.29 is 42.9 Å². The lowest BCUT2D eigenvalue weighted by molar-refractivity contribution is -0.280. The Hall–Kier alpha value is -3.32. The summed E-state index contributed by atoms with van der Waals surface area (Å²) >= 11 is 3.47. The molecule has 0 radical (unpaired) electrons. The zero-order valence-electron chi connectivity index (χ0n) is 19.4. The van der Waals surface area contributed by atoms with Crippen LogP contribution in [0, 0.1) is 0 Å². The first kappa shape index (κ1) is 26.3. The Morgan fingerprint density at radius 2 is 1.51 bits per heavy atom. The lowest BCUT2D eigenvalue weighted by atomic mass is 9.96. The summed E-state index contributed by atoms with van der Waals surface area (Å²) in [7, 11) is 0. The predicted octanol–water partition coefficient (Wildman–Crippen LogP) is 1.96. The topological polar surface area (TPSA) is 145 Å². The SMILES string of the molecule is CC(=O)OCC1OC(OC(C)=O)C(n2nnc(-c3ccccc3)c2Br)C(OC(C)=O)C1OC(C)=O. The molecular formula is C22H24BrN3O9. The minimum atomic E-state index is -1.37. The van der Waals surface area contributed by atoms with Gasteiger partial charge >= 0.3 is 23.9 Å². The highest BCUT2D eigenvalue weighted by Crippen LogP contribution is 2.38. The van der Waals surface area contributed by atoms with Crippen LogP contribution < -0.4 is 0 Å². The molecular weight excluding hydrogens is 530 g/mol. The van der Waals surface area contributed by atoms with Crippen LogP contribution in [0.25, 0.3) is 11.3 Å². The molecule has 5 atom stereocenters. The first-order valence-electron chi connectivity index (χ1n) is 10.5. The first-order valence-corrected chi connectivity index (χ1v) is 11.3. The Kier molecular flexibility index (Phi) is 8.57. The molecule has 0 spiro atoms. The van der Waals surface area contributed by atoms with Gasteiger partial charge in [-0.2, -0.15) is 0 Å². The van der Waals surface area contributed by atoms with E-state index in [0.29, 0.717) is 10.3 Å². The average molecular weight is 554 g/mol. The van der Waals surface area contributed by atoms with Gasteiger partial charge in [0.1, 0.15) is 23.0 Å². The average Bonchev–Trinajstić information content (AvgIpc) is 3.14. The summed E-state index contributed by atoms with van der Waals surface area (Å²) in [6, 6.07) is 8.01. The zero-order chi connectivity index (χ0) is 25.7. The minimum Gasteiger partial charge on any atom is -0.463 e. The second-order valence-corrected chi connectivity index (χ2v) is 8.38. The number of benzene rings is 1. The lowest BCUT2D eigenvalue weighted by Gasteiger charge is -2.44. The molecule has 1 aliphatic heterocycles. The number of hydrogen-bond acceptors (Lipinski definition) is 11. The van der Waals surface area contributed by atoms with E-state index in [1.54, 1.807) is 0 Å². The molecule has 1 aromatic heterocycles. The van der Waals surface area contributed by atoms with Crippen LogP contribution in [0.1, 0.15) is 33.7 Å². The van der Waals surface area contributed by atoms with Crippen LogP contribution in [-0.4, -0.2) is 70.1 Å². The normalized spacial score (nSPS) is 23.7. The van der Waals surface area contributed by atoms with Crippen molar-refractivity contribution in [2.45, 2.75) is 58.3 Å². The zero-order valence-corrected chi connectivity index (χ0v) is 21.0. The van der Waals surface area contributed by atoms with Gasteiger partial charge < -0.3 is 23.7 Å². The molecule has 188 valence electrons. The number of rotatable bonds is 7. The van der Waals surface area contributed by atoms with Crippen LogP contribution >= 0.6 is 15.9 Å². The molecule has 1 aliphatic rings. The number of carbonyl (C=O) groups excluding carboxylic acids is 4. The number of hydrogen-bond donors (Lipinski definition) is 0. The predicted molar refractivity (Wildman–Crippen MR) is 120 cm³/mol. The Balaban J connectivity index is 2.11. The molecule has 1 fully saturated rings. The molecule has 5 unspecified atom stereocenters. The third-order valence-electron chi connectivity index (χ3n) is 4.92. The van der Waals surface area contributed by atoms with Gasteiger partial charge in [0.2, 0.25) is 6.29 Å². The third kappa shape index (κ3) is 6.42. The third-order valence-corrected chi connectivity index (χ3v) is 5.66. The maximum absolute atomic E-state index is 12.1. The molecule has 12 nitrogen and oxygen atoms in total. The molecule has 3 rings (SSSR count). The summed E-state index contributed by atoms with van der Waals surface area (Å²) in [4.78, 5) is 47.4. The molecule has 13 heteroatoms. The summed E-state index contributed by atoms with van der Waals surface area (Å²) in [5.74, 6) is -2.71. The fourth-order valence-electron chi connectivity index (χ4n) is 3.65.